The number of pyridine rings is 1. The summed E-state index contributed by atoms with van der Waals surface area (Å²) in [6.45, 7) is 4.12. The minimum Gasteiger partial charge on any atom is -0.474 e. The van der Waals surface area contributed by atoms with Gasteiger partial charge in [0.25, 0.3) is 0 Å². The third kappa shape index (κ3) is 6.22. The molecule has 136 valence electrons. The van der Waals surface area contributed by atoms with Crippen LogP contribution in [0.5, 0.6) is 5.88 Å². The predicted octanol–water partition coefficient (Wildman–Crippen LogP) is 2.96. The maximum Gasteiger partial charge on any atom is 0.213 e. The van der Waals surface area contributed by atoms with Gasteiger partial charge < -0.3 is 15.4 Å². The van der Waals surface area contributed by atoms with Gasteiger partial charge in [0.15, 0.2) is 5.41 Å². The largest absolute Gasteiger partial charge is 0.474 e. The summed E-state index contributed by atoms with van der Waals surface area (Å²) in [5, 5.41) is 5.12. The second-order valence-electron chi connectivity index (χ2n) is 6.09. The number of halogens is 1. The monoisotopic (exact) mass is 364 g/mol. The maximum absolute atomic E-state index is 13.4. The number of hydrogen-bond donors (Lipinski definition) is 2. The summed E-state index contributed by atoms with van der Waals surface area (Å²) in [5.74, 6) is 0.418. The molecule has 0 spiro atoms. The van der Waals surface area contributed by atoms with Gasteiger partial charge in [0.1, 0.15) is 6.61 Å². The molecule has 1 aromatic rings. The van der Waals surface area contributed by atoms with Gasteiger partial charge in [-0.25, -0.2) is 9.37 Å². The van der Waals surface area contributed by atoms with Crippen LogP contribution in [0.25, 0.3) is 0 Å². The van der Waals surface area contributed by atoms with E-state index in [9.17, 15) is 4.39 Å². The van der Waals surface area contributed by atoms with Crippen molar-refractivity contribution >= 4 is 15.0 Å². The first kappa shape index (κ1) is 19.5. The molecule has 0 bridgehead atoms. The van der Waals surface area contributed by atoms with Crippen molar-refractivity contribution in [2.45, 2.75) is 38.3 Å². The number of aromatic nitrogens is 1. The number of alkyl halides is 1. The van der Waals surface area contributed by atoms with Gasteiger partial charge >= 0.3 is 0 Å². The van der Waals surface area contributed by atoms with Crippen LogP contribution in [0.3, 0.4) is 0 Å². The van der Waals surface area contributed by atoms with Gasteiger partial charge in [-0.1, -0.05) is 22.2 Å². The lowest BCUT2D eigenvalue weighted by atomic mass is 9.99. The SMILES string of the molecule is CCC1=NC=CC(NC)/C1=C\NCc1ccc(OCC(C)(F)P)nc1. The Hall–Kier alpha value is -1.78. The molecule has 3 atom stereocenters. The Labute approximate surface area is 151 Å². The molecule has 7 heteroatoms. The summed E-state index contributed by atoms with van der Waals surface area (Å²) in [6.07, 6.45) is 8.49. The Balaban J connectivity index is 1.92. The topological polar surface area (TPSA) is 58.5 Å². The van der Waals surface area contributed by atoms with Crippen molar-refractivity contribution in [2.75, 3.05) is 13.7 Å². The number of nitrogens with one attached hydrogen (secondary N) is 2. The Morgan fingerprint density at radius 1 is 1.44 bits per heavy atom. The average molecular weight is 364 g/mol. The first-order valence-corrected chi connectivity index (χ1v) is 8.90. The third-order valence-corrected chi connectivity index (χ3v) is 3.85. The molecule has 2 heterocycles. The number of rotatable bonds is 8. The lowest BCUT2D eigenvalue weighted by Crippen LogP contribution is -2.31. The number of likely N-dealkylation sites (N-methyl/N-ethyl adjacent to an activating group) is 1. The molecule has 0 aliphatic carbocycles. The highest BCUT2D eigenvalue weighted by Crippen LogP contribution is 2.20. The Morgan fingerprint density at radius 3 is 2.84 bits per heavy atom. The molecule has 0 fully saturated rings. The fourth-order valence-corrected chi connectivity index (χ4v) is 2.48. The van der Waals surface area contributed by atoms with Crippen molar-refractivity contribution in [3.63, 3.8) is 0 Å². The molecule has 0 aromatic carbocycles. The highest BCUT2D eigenvalue weighted by Gasteiger charge is 2.17. The van der Waals surface area contributed by atoms with E-state index >= 15 is 0 Å². The van der Waals surface area contributed by atoms with Crippen molar-refractivity contribution in [3.05, 3.63) is 47.9 Å². The summed E-state index contributed by atoms with van der Waals surface area (Å²) in [5.41, 5.74) is 3.23. The van der Waals surface area contributed by atoms with E-state index in [1.165, 1.54) is 6.92 Å². The molecule has 1 aliphatic heterocycles. The molecule has 5 nitrogen and oxygen atoms in total. The van der Waals surface area contributed by atoms with Crippen LogP contribution in [0.15, 0.2) is 47.4 Å². The summed E-state index contributed by atoms with van der Waals surface area (Å²) < 4.78 is 18.7. The van der Waals surface area contributed by atoms with Gasteiger partial charge in [-0.05, 0) is 32.0 Å². The fraction of sp³-hybridized carbons (Fsp3) is 0.444. The van der Waals surface area contributed by atoms with E-state index in [4.69, 9.17) is 4.74 Å². The van der Waals surface area contributed by atoms with E-state index in [1.807, 2.05) is 31.6 Å². The lowest BCUT2D eigenvalue weighted by Gasteiger charge is -2.21. The number of nitrogens with zero attached hydrogens (tertiary/aromatic N) is 2. The summed E-state index contributed by atoms with van der Waals surface area (Å²) in [4.78, 5) is 8.63. The molecule has 1 aromatic heterocycles. The standard InChI is InChI=1S/C18H26FN4OP/c1-4-15-14(16(20-3)7-8-22-15)11-21-9-13-5-6-17(23-10-13)24-12-18(2,19)25/h5-8,10-11,16,20-21H,4,9,12,25H2,1-3H3/b14-11-. The first-order valence-electron chi connectivity index (χ1n) is 8.33. The molecule has 0 radical (unpaired) electrons. The van der Waals surface area contributed by atoms with E-state index in [-0.39, 0.29) is 12.6 Å². The summed E-state index contributed by atoms with van der Waals surface area (Å²) in [7, 11) is 4.04. The predicted molar refractivity (Wildman–Crippen MR) is 104 cm³/mol. The zero-order valence-corrected chi connectivity index (χ0v) is 16.1. The van der Waals surface area contributed by atoms with Crippen LogP contribution in [0.1, 0.15) is 25.8 Å². The van der Waals surface area contributed by atoms with Crippen LogP contribution in [-0.2, 0) is 6.54 Å². The third-order valence-electron chi connectivity index (χ3n) is 3.69. The molecule has 0 saturated heterocycles. The van der Waals surface area contributed by atoms with Crippen molar-refractivity contribution in [1.82, 2.24) is 15.6 Å². The maximum atomic E-state index is 13.4. The Morgan fingerprint density at radius 2 is 2.24 bits per heavy atom. The molecule has 25 heavy (non-hydrogen) atoms. The molecule has 1 aliphatic rings. The molecular formula is C18H26FN4OP. The van der Waals surface area contributed by atoms with E-state index in [0.29, 0.717) is 12.4 Å². The highest BCUT2D eigenvalue weighted by molar-refractivity contribution is 7.18. The smallest absolute Gasteiger partial charge is 0.213 e. The summed E-state index contributed by atoms with van der Waals surface area (Å²) >= 11 is 0. The van der Waals surface area contributed by atoms with Crippen LogP contribution in [0.2, 0.25) is 0 Å². The second kappa shape index (κ2) is 9.07. The minimum atomic E-state index is -1.45. The Bertz CT molecular complexity index is 650. The Kier molecular flexibility index (Phi) is 7.09. The van der Waals surface area contributed by atoms with E-state index in [2.05, 4.69) is 36.8 Å². The number of ether oxygens (including phenoxy) is 1. The van der Waals surface area contributed by atoms with Crippen molar-refractivity contribution in [3.8, 4) is 5.88 Å². The normalized spacial score (nSPS) is 20.9. The van der Waals surface area contributed by atoms with E-state index in [1.54, 1.807) is 12.3 Å². The number of aliphatic imine (C=N–C) groups is 1. The highest BCUT2D eigenvalue weighted by atomic mass is 31.0. The lowest BCUT2D eigenvalue weighted by molar-refractivity contribution is 0.177. The zero-order chi connectivity index (χ0) is 18.3. The van der Waals surface area contributed by atoms with Gasteiger partial charge in [-0.3, -0.25) is 4.99 Å². The van der Waals surface area contributed by atoms with E-state index < -0.39 is 5.41 Å². The van der Waals surface area contributed by atoms with Gasteiger partial charge in [0.2, 0.25) is 5.88 Å². The second-order valence-corrected chi connectivity index (χ2v) is 7.29. The quantitative estimate of drug-likeness (QED) is 0.697. The van der Waals surface area contributed by atoms with Crippen molar-refractivity contribution in [2.24, 2.45) is 4.99 Å². The molecule has 3 unspecified atom stereocenters. The molecular weight excluding hydrogens is 338 g/mol. The average Bonchev–Trinajstić information content (AvgIpc) is 2.60. The van der Waals surface area contributed by atoms with Crippen LogP contribution >= 0.6 is 9.24 Å². The first-order chi connectivity index (χ1) is 11.9. The molecule has 2 rings (SSSR count). The number of hydrogen-bond acceptors (Lipinski definition) is 5. The minimum absolute atomic E-state index is 0.0492. The van der Waals surface area contributed by atoms with Crippen LogP contribution in [0.4, 0.5) is 4.39 Å². The zero-order valence-electron chi connectivity index (χ0n) is 14.9. The van der Waals surface area contributed by atoms with Crippen LogP contribution in [-0.4, -0.2) is 35.8 Å². The van der Waals surface area contributed by atoms with Gasteiger partial charge in [-0.15, -0.1) is 0 Å². The van der Waals surface area contributed by atoms with E-state index in [0.717, 1.165) is 23.3 Å². The van der Waals surface area contributed by atoms with Crippen LogP contribution < -0.4 is 15.4 Å². The molecule has 0 amide bonds. The van der Waals surface area contributed by atoms with Crippen molar-refractivity contribution in [1.29, 1.82) is 0 Å². The van der Waals surface area contributed by atoms with Gasteiger partial charge in [-0.2, -0.15) is 0 Å². The van der Waals surface area contributed by atoms with Crippen molar-refractivity contribution < 1.29 is 9.13 Å². The van der Waals surface area contributed by atoms with Gasteiger partial charge in [0, 0.05) is 42.5 Å². The van der Waals surface area contributed by atoms with Crippen LogP contribution in [0, 0.1) is 0 Å². The van der Waals surface area contributed by atoms with Gasteiger partial charge in [0.05, 0.1) is 6.04 Å². The molecule has 0 saturated carbocycles. The fourth-order valence-electron chi connectivity index (χ4n) is 2.39. The molecule has 2 N–H and O–H groups in total. The summed E-state index contributed by atoms with van der Waals surface area (Å²) in [6, 6.07) is 3.83.